The molecule has 1 aliphatic heterocycles. The molecule has 7 heteroatoms. The number of nitrogens with two attached hydrogens (primary N) is 1. The van der Waals surface area contributed by atoms with Gasteiger partial charge in [-0.25, -0.2) is 4.98 Å². The Bertz CT molecular complexity index is 731. The van der Waals surface area contributed by atoms with Gasteiger partial charge in [0.15, 0.2) is 12.4 Å². The summed E-state index contributed by atoms with van der Waals surface area (Å²) in [4.78, 5) is 12.0. The monoisotopic (exact) mass is 418 g/mol. The fourth-order valence-electron chi connectivity index (χ4n) is 2.77. The van der Waals surface area contributed by atoms with Gasteiger partial charge < -0.3 is 20.2 Å². The van der Waals surface area contributed by atoms with Crippen LogP contribution in [0.25, 0.3) is 0 Å². The normalized spacial score (nSPS) is 15.0. The molecule has 0 radical (unpaired) electrons. The number of piperidine rings is 1. The molecule has 0 bridgehead atoms. The number of benzene rings is 1. The third kappa shape index (κ3) is 5.36. The van der Waals surface area contributed by atoms with Crippen LogP contribution in [0.1, 0.15) is 24.8 Å². The molecular weight excluding hydrogens is 396 g/mol. The molecule has 26 heavy (non-hydrogen) atoms. The highest BCUT2D eigenvalue weighted by atomic mass is 79.9. The van der Waals surface area contributed by atoms with Gasteiger partial charge in [-0.3, -0.25) is 0 Å². The van der Waals surface area contributed by atoms with E-state index in [2.05, 4.69) is 31.0 Å². The number of nitrogens with zero attached hydrogens (tertiary/aromatic N) is 3. The van der Waals surface area contributed by atoms with E-state index >= 15 is 0 Å². The lowest BCUT2D eigenvalue weighted by molar-refractivity contribution is 0.107. The van der Waals surface area contributed by atoms with E-state index in [0.717, 1.165) is 34.7 Å². The number of amidine groups is 1. The van der Waals surface area contributed by atoms with Crippen LogP contribution in [0.15, 0.2) is 52.2 Å². The van der Waals surface area contributed by atoms with Crippen molar-refractivity contribution in [2.45, 2.75) is 19.3 Å². The number of rotatable bonds is 7. The molecule has 1 aromatic heterocycles. The van der Waals surface area contributed by atoms with Gasteiger partial charge in [0.05, 0.1) is 0 Å². The highest BCUT2D eigenvalue weighted by molar-refractivity contribution is 9.10. The van der Waals surface area contributed by atoms with Crippen molar-refractivity contribution in [3.63, 3.8) is 0 Å². The van der Waals surface area contributed by atoms with Gasteiger partial charge >= 0.3 is 0 Å². The minimum absolute atomic E-state index is 0.320. The summed E-state index contributed by atoms with van der Waals surface area (Å²) in [6.45, 7) is 2.80. The fraction of sp³-hybridized carbons (Fsp3) is 0.368. The molecule has 0 atom stereocenters. The van der Waals surface area contributed by atoms with Crippen LogP contribution in [0.4, 0.5) is 5.82 Å². The molecule has 0 amide bonds. The third-order valence-corrected chi connectivity index (χ3v) is 4.67. The Balaban J connectivity index is 1.48. The average Bonchev–Trinajstić information content (AvgIpc) is 2.70. The molecule has 2 aromatic rings. The summed E-state index contributed by atoms with van der Waals surface area (Å²) in [5.41, 5.74) is 6.85. The Morgan fingerprint density at radius 2 is 1.88 bits per heavy atom. The van der Waals surface area contributed by atoms with Crippen molar-refractivity contribution in [3.8, 4) is 5.75 Å². The minimum atomic E-state index is 0.320. The number of halogens is 1. The fourth-order valence-corrected chi connectivity index (χ4v) is 3.03. The first-order valence-electron chi connectivity index (χ1n) is 8.77. The summed E-state index contributed by atoms with van der Waals surface area (Å²) in [6.07, 6.45) is 5.46. The van der Waals surface area contributed by atoms with Crippen LogP contribution >= 0.6 is 15.9 Å². The molecule has 1 saturated heterocycles. The molecule has 1 fully saturated rings. The molecule has 6 nitrogen and oxygen atoms in total. The molecular formula is C19H23BrN4O2. The molecule has 0 aliphatic carbocycles. The van der Waals surface area contributed by atoms with Crippen LogP contribution < -0.4 is 15.4 Å². The number of hydrogen-bond donors (Lipinski definition) is 1. The van der Waals surface area contributed by atoms with Gasteiger partial charge in [0.25, 0.3) is 0 Å². The van der Waals surface area contributed by atoms with E-state index in [0.29, 0.717) is 19.0 Å². The smallest absolute Gasteiger partial charge is 0.170 e. The maximum absolute atomic E-state index is 6.04. The second-order valence-electron chi connectivity index (χ2n) is 6.06. The zero-order chi connectivity index (χ0) is 18.2. The molecule has 2 N–H and O–H groups in total. The lowest BCUT2D eigenvalue weighted by Gasteiger charge is -2.27. The van der Waals surface area contributed by atoms with Crippen LogP contribution in [0.2, 0.25) is 0 Å². The van der Waals surface area contributed by atoms with Crippen LogP contribution in [-0.2, 0) is 4.84 Å². The van der Waals surface area contributed by atoms with Crippen molar-refractivity contribution in [2.75, 3.05) is 31.2 Å². The van der Waals surface area contributed by atoms with E-state index in [1.165, 1.54) is 19.3 Å². The van der Waals surface area contributed by atoms with Crippen molar-refractivity contribution in [2.24, 2.45) is 10.9 Å². The molecule has 0 spiro atoms. The first-order chi connectivity index (χ1) is 12.7. The quantitative estimate of drug-likeness (QED) is 0.322. The van der Waals surface area contributed by atoms with Gasteiger partial charge in [-0.2, -0.15) is 0 Å². The summed E-state index contributed by atoms with van der Waals surface area (Å²) in [5, 5.41) is 3.99. The van der Waals surface area contributed by atoms with Gasteiger partial charge in [0.1, 0.15) is 18.2 Å². The molecule has 1 aromatic carbocycles. The van der Waals surface area contributed by atoms with E-state index in [9.17, 15) is 0 Å². The second-order valence-corrected chi connectivity index (χ2v) is 6.98. The van der Waals surface area contributed by atoms with Crippen molar-refractivity contribution in [1.29, 1.82) is 0 Å². The predicted octanol–water partition coefficient (Wildman–Crippen LogP) is 3.55. The number of hydrogen-bond acceptors (Lipinski definition) is 5. The van der Waals surface area contributed by atoms with Crippen LogP contribution in [-0.4, -0.2) is 37.1 Å². The van der Waals surface area contributed by atoms with E-state index < -0.39 is 0 Å². The van der Waals surface area contributed by atoms with Crippen molar-refractivity contribution < 1.29 is 9.57 Å². The first kappa shape index (κ1) is 18.5. The minimum Gasteiger partial charge on any atom is -0.490 e. The number of ether oxygens (including phenoxy) is 1. The number of oxime groups is 1. The molecule has 3 rings (SSSR count). The summed E-state index contributed by atoms with van der Waals surface area (Å²) in [5.74, 6) is 2.07. The van der Waals surface area contributed by atoms with Crippen molar-refractivity contribution in [1.82, 2.24) is 4.98 Å². The van der Waals surface area contributed by atoms with Crippen LogP contribution in [0, 0.1) is 0 Å². The zero-order valence-corrected chi connectivity index (χ0v) is 16.2. The number of pyridine rings is 1. The van der Waals surface area contributed by atoms with Gasteiger partial charge in [0.2, 0.25) is 0 Å². The van der Waals surface area contributed by atoms with Gasteiger partial charge in [-0.15, -0.1) is 0 Å². The van der Waals surface area contributed by atoms with E-state index in [1.807, 2.05) is 36.4 Å². The molecule has 2 heterocycles. The van der Waals surface area contributed by atoms with Crippen LogP contribution in [0.5, 0.6) is 5.75 Å². The Hall–Kier alpha value is -2.28. The van der Waals surface area contributed by atoms with Gasteiger partial charge in [-0.05, 0) is 55.7 Å². The Kier molecular flexibility index (Phi) is 6.71. The lowest BCUT2D eigenvalue weighted by Crippen LogP contribution is -2.30. The Morgan fingerprint density at radius 3 is 2.65 bits per heavy atom. The van der Waals surface area contributed by atoms with Crippen molar-refractivity contribution in [3.05, 3.63) is 52.6 Å². The Morgan fingerprint density at radius 1 is 1.12 bits per heavy atom. The second kappa shape index (κ2) is 9.43. The highest BCUT2D eigenvalue weighted by Gasteiger charge is 2.13. The van der Waals surface area contributed by atoms with E-state index in [1.54, 1.807) is 6.20 Å². The van der Waals surface area contributed by atoms with Gasteiger partial charge in [0, 0.05) is 29.3 Å². The van der Waals surface area contributed by atoms with Gasteiger partial charge in [-0.1, -0.05) is 21.1 Å². The SMILES string of the molecule is N/C(=N/OCCOc1ccc(Br)cc1)c1ccnc(N2CCCCC2)c1. The largest absolute Gasteiger partial charge is 0.490 e. The maximum atomic E-state index is 6.04. The first-order valence-corrected chi connectivity index (χ1v) is 9.57. The highest BCUT2D eigenvalue weighted by Crippen LogP contribution is 2.18. The van der Waals surface area contributed by atoms with E-state index in [4.69, 9.17) is 15.3 Å². The number of anilines is 1. The third-order valence-electron chi connectivity index (χ3n) is 4.14. The predicted molar refractivity (Wildman–Crippen MR) is 107 cm³/mol. The topological polar surface area (TPSA) is 73.0 Å². The zero-order valence-electron chi connectivity index (χ0n) is 14.6. The van der Waals surface area contributed by atoms with Crippen molar-refractivity contribution >= 4 is 27.6 Å². The number of aromatic nitrogens is 1. The molecule has 0 saturated carbocycles. The van der Waals surface area contributed by atoms with Crippen LogP contribution in [0.3, 0.4) is 0 Å². The van der Waals surface area contributed by atoms with E-state index in [-0.39, 0.29) is 0 Å². The molecule has 1 aliphatic rings. The average molecular weight is 419 g/mol. The standard InChI is InChI=1S/C19H23BrN4O2/c20-16-4-6-17(7-5-16)25-12-13-26-23-19(21)15-8-9-22-18(14-15)24-10-2-1-3-11-24/h4-9,14H,1-3,10-13H2,(H2,21,23). The summed E-state index contributed by atoms with van der Waals surface area (Å²) < 4.78 is 6.59. The Labute approximate surface area is 162 Å². The molecule has 0 unspecified atom stereocenters. The summed E-state index contributed by atoms with van der Waals surface area (Å²) in [7, 11) is 0. The summed E-state index contributed by atoms with van der Waals surface area (Å²) in [6, 6.07) is 11.4. The molecule has 138 valence electrons. The summed E-state index contributed by atoms with van der Waals surface area (Å²) >= 11 is 3.39. The lowest BCUT2D eigenvalue weighted by atomic mass is 10.1. The maximum Gasteiger partial charge on any atom is 0.170 e.